The monoisotopic (exact) mass is 602 g/mol. The highest BCUT2D eigenvalue weighted by atomic mass is 35.5. The van der Waals surface area contributed by atoms with E-state index in [4.69, 9.17) is 11.6 Å². The highest BCUT2D eigenvalue weighted by Gasteiger charge is 2.65. The van der Waals surface area contributed by atoms with Gasteiger partial charge in [-0.25, -0.2) is 0 Å². The Morgan fingerprint density at radius 1 is 0.837 bits per heavy atom. The zero-order valence-corrected chi connectivity index (χ0v) is 26.1. The number of benzene rings is 3. The number of carboxylic acids is 2. The second-order valence-electron chi connectivity index (χ2n) is 12.8. The molecule has 5 unspecified atom stereocenters. The Hall–Kier alpha value is -3.19. The summed E-state index contributed by atoms with van der Waals surface area (Å²) in [5, 5.41) is 25.3. The summed E-state index contributed by atoms with van der Waals surface area (Å²) in [6.45, 7) is 7.92. The number of aliphatic carboxylic acids is 2. The van der Waals surface area contributed by atoms with Crippen LogP contribution >= 0.6 is 11.6 Å². The lowest BCUT2D eigenvalue weighted by Gasteiger charge is -2.56. The largest absolute Gasteiger partial charge is 0.481 e. The molecule has 3 aromatic rings. The van der Waals surface area contributed by atoms with Crippen molar-refractivity contribution in [2.45, 2.75) is 69.9 Å². The number of halogens is 1. The summed E-state index contributed by atoms with van der Waals surface area (Å²) < 4.78 is 0. The van der Waals surface area contributed by atoms with Gasteiger partial charge in [-0.05, 0) is 88.8 Å². The summed E-state index contributed by atoms with van der Waals surface area (Å²) in [6, 6.07) is 27.7. The van der Waals surface area contributed by atoms with Gasteiger partial charge in [0.1, 0.15) is 0 Å². The second kappa shape index (κ2) is 12.4. The van der Waals surface area contributed by atoms with Crippen LogP contribution < -0.4 is 5.32 Å². The molecule has 3 N–H and O–H groups in total. The Bertz CT molecular complexity index is 1380. The number of piperidine rings is 2. The molecule has 6 nitrogen and oxygen atoms in total. The molecule has 0 saturated carbocycles. The maximum absolute atomic E-state index is 13.4. The second-order valence-corrected chi connectivity index (χ2v) is 13.2. The molecule has 5 rings (SSSR count). The predicted octanol–water partition coefficient (Wildman–Crippen LogP) is 6.83. The van der Waals surface area contributed by atoms with Crippen molar-refractivity contribution in [1.29, 1.82) is 0 Å². The molecule has 2 aliphatic heterocycles. The third-order valence-corrected chi connectivity index (χ3v) is 11.1. The number of rotatable bonds is 9. The average Bonchev–Trinajstić information content (AvgIpc) is 3.01. The molecule has 5 atom stereocenters. The summed E-state index contributed by atoms with van der Waals surface area (Å²) in [5.74, 6) is -2.83. The lowest BCUT2D eigenvalue weighted by Crippen LogP contribution is -2.68. The first-order chi connectivity index (χ1) is 20.6. The van der Waals surface area contributed by atoms with E-state index >= 15 is 0 Å². The normalized spacial score (nSPS) is 29.2. The van der Waals surface area contributed by atoms with Gasteiger partial charge in [-0.15, -0.1) is 0 Å². The number of hydrogen-bond donors (Lipinski definition) is 3. The van der Waals surface area contributed by atoms with E-state index in [1.54, 1.807) is 25.1 Å². The number of nitrogens with zero attached hydrogens (tertiary/aromatic N) is 1. The maximum Gasteiger partial charge on any atom is 0.311 e. The van der Waals surface area contributed by atoms with Gasteiger partial charge in [0.25, 0.3) is 0 Å². The Morgan fingerprint density at radius 2 is 1.37 bits per heavy atom. The highest BCUT2D eigenvalue weighted by molar-refractivity contribution is 6.31. The molecule has 0 spiro atoms. The van der Waals surface area contributed by atoms with Crippen molar-refractivity contribution in [2.24, 2.45) is 10.8 Å². The third-order valence-electron chi connectivity index (χ3n) is 10.8. The van der Waals surface area contributed by atoms with Crippen molar-refractivity contribution in [3.8, 4) is 0 Å². The SMILES string of the molecule is CC1NC(C)C(CCCN2CCC(c3ccccc3)(c3ccccc3)CC2)(C(=O)O)C(c2ccccc2Cl)C1(C)C(=O)O. The van der Waals surface area contributed by atoms with Gasteiger partial charge in [0.15, 0.2) is 0 Å². The van der Waals surface area contributed by atoms with Crippen LogP contribution in [-0.2, 0) is 15.0 Å². The molecule has 3 aromatic carbocycles. The van der Waals surface area contributed by atoms with Gasteiger partial charge in [0.05, 0.1) is 10.8 Å². The third kappa shape index (κ3) is 5.39. The molecule has 2 fully saturated rings. The molecule has 228 valence electrons. The predicted molar refractivity (Wildman–Crippen MR) is 171 cm³/mol. The minimum atomic E-state index is -1.38. The summed E-state index contributed by atoms with van der Waals surface area (Å²) in [6.07, 6.45) is 2.91. The number of carboxylic acid groups (broad SMARTS) is 2. The topological polar surface area (TPSA) is 89.9 Å². The molecule has 0 aromatic heterocycles. The molecule has 2 saturated heterocycles. The standard InChI is InChI=1S/C36H43ClN2O4/c1-25-34(3,32(40)41)31(29-17-10-11-18-30(29)37)36(33(42)43,26(2)38-25)19-12-22-39-23-20-35(21-24-39,27-13-6-4-7-14-27)28-15-8-5-9-16-28/h4-11,13-18,25-26,31,38H,12,19-24H2,1-3H3,(H,40,41)(H,42,43). The number of nitrogens with one attached hydrogen (secondary N) is 1. The molecular formula is C36H43ClN2O4. The minimum absolute atomic E-state index is 0.0578. The van der Waals surface area contributed by atoms with Crippen molar-refractivity contribution < 1.29 is 19.8 Å². The fourth-order valence-electron chi connectivity index (χ4n) is 8.14. The number of likely N-dealkylation sites (tertiary alicyclic amines) is 1. The maximum atomic E-state index is 13.4. The van der Waals surface area contributed by atoms with Gasteiger partial charge in [-0.3, -0.25) is 9.59 Å². The summed E-state index contributed by atoms with van der Waals surface area (Å²) >= 11 is 6.69. The summed E-state index contributed by atoms with van der Waals surface area (Å²) in [5.41, 5.74) is 0.446. The quantitative estimate of drug-likeness (QED) is 0.249. The molecule has 7 heteroatoms. The van der Waals surface area contributed by atoms with Crippen LogP contribution in [0.1, 0.15) is 69.1 Å². The molecule has 0 aliphatic carbocycles. The Morgan fingerprint density at radius 3 is 1.88 bits per heavy atom. The van der Waals surface area contributed by atoms with Crippen molar-refractivity contribution in [3.05, 3.63) is 107 Å². The van der Waals surface area contributed by atoms with Crippen LogP contribution in [-0.4, -0.2) is 58.8 Å². The Labute approximate surface area is 260 Å². The van der Waals surface area contributed by atoms with Gasteiger partial charge >= 0.3 is 11.9 Å². The Kier molecular flexibility index (Phi) is 9.03. The molecule has 2 aliphatic rings. The van der Waals surface area contributed by atoms with Crippen LogP contribution in [0.25, 0.3) is 0 Å². The zero-order chi connectivity index (χ0) is 30.8. The molecule has 2 heterocycles. The Balaban J connectivity index is 1.40. The number of carbonyl (C=O) groups is 2. The van der Waals surface area contributed by atoms with E-state index in [1.165, 1.54) is 11.1 Å². The van der Waals surface area contributed by atoms with E-state index in [2.05, 4.69) is 70.9 Å². The van der Waals surface area contributed by atoms with Crippen molar-refractivity contribution in [2.75, 3.05) is 19.6 Å². The van der Waals surface area contributed by atoms with E-state index in [1.807, 2.05) is 19.9 Å². The molecule has 0 bridgehead atoms. The van der Waals surface area contributed by atoms with E-state index in [0.717, 1.165) is 32.5 Å². The smallest absolute Gasteiger partial charge is 0.311 e. The molecule has 43 heavy (non-hydrogen) atoms. The fraction of sp³-hybridized carbons (Fsp3) is 0.444. The van der Waals surface area contributed by atoms with Gasteiger partial charge in [-0.1, -0.05) is 90.5 Å². The molecule has 0 radical (unpaired) electrons. The van der Waals surface area contributed by atoms with Crippen molar-refractivity contribution in [1.82, 2.24) is 10.2 Å². The first kappa shape index (κ1) is 31.2. The fourth-order valence-corrected chi connectivity index (χ4v) is 8.38. The number of hydrogen-bond acceptors (Lipinski definition) is 4. The van der Waals surface area contributed by atoms with Crippen LogP contribution in [0.2, 0.25) is 5.02 Å². The first-order valence-corrected chi connectivity index (χ1v) is 15.8. The minimum Gasteiger partial charge on any atom is -0.481 e. The van der Waals surface area contributed by atoms with Crippen molar-refractivity contribution >= 4 is 23.5 Å². The highest BCUT2D eigenvalue weighted by Crippen LogP contribution is 2.58. The van der Waals surface area contributed by atoms with Crippen LogP contribution in [0.4, 0.5) is 0 Å². The van der Waals surface area contributed by atoms with Gasteiger partial charge in [0, 0.05) is 28.4 Å². The van der Waals surface area contributed by atoms with Crippen LogP contribution in [0, 0.1) is 10.8 Å². The lowest BCUT2D eigenvalue weighted by atomic mass is 9.51. The molecule has 0 amide bonds. The van der Waals surface area contributed by atoms with E-state index < -0.39 is 40.8 Å². The average molecular weight is 603 g/mol. The van der Waals surface area contributed by atoms with Gasteiger partial charge in [0.2, 0.25) is 0 Å². The van der Waals surface area contributed by atoms with Crippen LogP contribution in [0.3, 0.4) is 0 Å². The lowest BCUT2D eigenvalue weighted by molar-refractivity contribution is -0.171. The van der Waals surface area contributed by atoms with E-state index in [-0.39, 0.29) is 5.41 Å². The zero-order valence-electron chi connectivity index (χ0n) is 25.3. The van der Waals surface area contributed by atoms with E-state index in [9.17, 15) is 19.8 Å². The van der Waals surface area contributed by atoms with Crippen molar-refractivity contribution in [3.63, 3.8) is 0 Å². The van der Waals surface area contributed by atoms with E-state index in [0.29, 0.717) is 23.4 Å². The van der Waals surface area contributed by atoms with Crippen LogP contribution in [0.15, 0.2) is 84.9 Å². The van der Waals surface area contributed by atoms with Gasteiger partial charge < -0.3 is 20.4 Å². The van der Waals surface area contributed by atoms with Gasteiger partial charge in [-0.2, -0.15) is 0 Å². The first-order valence-electron chi connectivity index (χ1n) is 15.4. The summed E-state index contributed by atoms with van der Waals surface area (Å²) in [7, 11) is 0. The summed E-state index contributed by atoms with van der Waals surface area (Å²) in [4.78, 5) is 28.8. The molecular weight excluding hydrogens is 560 g/mol. The van der Waals surface area contributed by atoms with Crippen LogP contribution in [0.5, 0.6) is 0 Å².